The molecule has 1 heterocycles. The fourth-order valence-electron chi connectivity index (χ4n) is 0.487. The summed E-state index contributed by atoms with van der Waals surface area (Å²) in [5.74, 6) is -0.147. The number of hydrogen-bond acceptors (Lipinski definition) is 3. The van der Waals surface area contributed by atoms with Crippen LogP contribution < -0.4 is 5.48 Å². The molecule has 0 aromatic carbocycles. The van der Waals surface area contributed by atoms with Gasteiger partial charge in [-0.15, -0.1) is 0 Å². The van der Waals surface area contributed by atoms with Gasteiger partial charge in [0.25, 0.3) is 0 Å². The summed E-state index contributed by atoms with van der Waals surface area (Å²) in [5.41, 5.74) is 2.48. The quantitative estimate of drug-likeness (QED) is 0.460. The lowest BCUT2D eigenvalue weighted by Crippen LogP contribution is -2.26. The molecule has 1 aliphatic rings. The summed E-state index contributed by atoms with van der Waals surface area (Å²) >= 11 is 0. The van der Waals surface area contributed by atoms with Crippen LogP contribution in [0.15, 0.2) is 0 Å². The highest BCUT2D eigenvalue weighted by Gasteiger charge is 2.06. The largest absolute Gasteiger partial charge is 0.371 e. The van der Waals surface area contributed by atoms with E-state index < -0.39 is 0 Å². The molecular formula is C4H7NO2. The zero-order chi connectivity index (χ0) is 5.11. The van der Waals surface area contributed by atoms with E-state index in [-0.39, 0.29) is 5.97 Å². The van der Waals surface area contributed by atoms with Crippen LogP contribution in [0, 0.1) is 0 Å². The fraction of sp³-hybridized carbons (Fsp3) is 0.750. The first kappa shape index (κ1) is 4.59. The van der Waals surface area contributed by atoms with Gasteiger partial charge in [0.2, 0.25) is 0 Å². The van der Waals surface area contributed by atoms with Gasteiger partial charge in [0, 0.05) is 13.0 Å². The normalized spacial score (nSPS) is 21.4. The van der Waals surface area contributed by atoms with Gasteiger partial charge in [-0.1, -0.05) is 0 Å². The Bertz CT molecular complexity index is 73.8. The lowest BCUT2D eigenvalue weighted by atomic mass is 10.3. The van der Waals surface area contributed by atoms with Crippen molar-refractivity contribution in [1.29, 1.82) is 0 Å². The van der Waals surface area contributed by atoms with Crippen LogP contribution in [0.25, 0.3) is 0 Å². The van der Waals surface area contributed by atoms with Gasteiger partial charge in [-0.3, -0.25) is 4.79 Å². The minimum absolute atomic E-state index is 0.147. The van der Waals surface area contributed by atoms with Crippen molar-refractivity contribution in [2.45, 2.75) is 12.8 Å². The van der Waals surface area contributed by atoms with Crippen LogP contribution in [0.1, 0.15) is 12.8 Å². The molecule has 0 aromatic heterocycles. The summed E-state index contributed by atoms with van der Waals surface area (Å²) in [6.45, 7) is 0.797. The van der Waals surface area contributed by atoms with Crippen molar-refractivity contribution >= 4 is 5.97 Å². The Kier molecular flexibility index (Phi) is 1.26. The minimum Gasteiger partial charge on any atom is -0.371 e. The van der Waals surface area contributed by atoms with Crippen molar-refractivity contribution in [3.63, 3.8) is 0 Å². The summed E-state index contributed by atoms with van der Waals surface area (Å²) in [4.78, 5) is 14.6. The van der Waals surface area contributed by atoms with E-state index in [2.05, 4.69) is 10.3 Å². The number of nitrogens with one attached hydrogen (secondary N) is 1. The zero-order valence-electron chi connectivity index (χ0n) is 3.94. The van der Waals surface area contributed by atoms with Gasteiger partial charge in [0.15, 0.2) is 0 Å². The summed E-state index contributed by atoms with van der Waals surface area (Å²) in [6, 6.07) is 0. The Hall–Kier alpha value is -0.570. The minimum atomic E-state index is -0.147. The van der Waals surface area contributed by atoms with Gasteiger partial charge in [-0.2, -0.15) is 5.48 Å². The molecule has 3 heteroatoms. The fourth-order valence-corrected chi connectivity index (χ4v) is 0.487. The molecular weight excluding hydrogens is 94.0 g/mol. The third-order valence-corrected chi connectivity index (χ3v) is 0.846. The first-order valence-corrected chi connectivity index (χ1v) is 2.32. The van der Waals surface area contributed by atoms with Crippen LogP contribution in [0.2, 0.25) is 0 Å². The van der Waals surface area contributed by atoms with Gasteiger partial charge in [-0.25, -0.2) is 0 Å². The highest BCUT2D eigenvalue weighted by atomic mass is 16.7. The average Bonchev–Trinajstić information content (AvgIpc) is 1.69. The molecule has 1 aliphatic heterocycles. The van der Waals surface area contributed by atoms with E-state index in [0.717, 1.165) is 13.0 Å². The molecule has 1 fully saturated rings. The van der Waals surface area contributed by atoms with Gasteiger partial charge < -0.3 is 4.84 Å². The first-order valence-electron chi connectivity index (χ1n) is 2.32. The first-order chi connectivity index (χ1) is 3.39. The van der Waals surface area contributed by atoms with Crippen molar-refractivity contribution in [1.82, 2.24) is 5.48 Å². The van der Waals surface area contributed by atoms with E-state index in [1.807, 2.05) is 0 Å². The van der Waals surface area contributed by atoms with E-state index in [9.17, 15) is 4.79 Å². The molecule has 0 amide bonds. The maximum atomic E-state index is 10.2. The number of rotatable bonds is 0. The highest BCUT2D eigenvalue weighted by molar-refractivity contribution is 5.69. The van der Waals surface area contributed by atoms with Crippen LogP contribution in [-0.2, 0) is 9.63 Å². The summed E-state index contributed by atoms with van der Waals surface area (Å²) in [7, 11) is 0. The highest BCUT2D eigenvalue weighted by Crippen LogP contribution is 1.94. The summed E-state index contributed by atoms with van der Waals surface area (Å²) in [6.07, 6.45) is 1.46. The lowest BCUT2D eigenvalue weighted by molar-refractivity contribution is -0.155. The Morgan fingerprint density at radius 3 is 2.86 bits per heavy atom. The number of carbonyl (C=O) groups excluding carboxylic acids is 1. The monoisotopic (exact) mass is 101 g/mol. The molecule has 1 saturated heterocycles. The maximum Gasteiger partial charge on any atom is 0.324 e. The van der Waals surface area contributed by atoms with E-state index in [0.29, 0.717) is 6.42 Å². The van der Waals surface area contributed by atoms with Gasteiger partial charge in [-0.05, 0) is 6.42 Å². The molecule has 0 saturated carbocycles. The standard InChI is InChI=1S/C4H7NO2/c6-4-2-1-3-5-7-4/h5H,1-3H2. The molecule has 0 unspecified atom stereocenters. The van der Waals surface area contributed by atoms with Gasteiger partial charge >= 0.3 is 5.97 Å². The molecule has 0 spiro atoms. The van der Waals surface area contributed by atoms with Crippen LogP contribution >= 0.6 is 0 Å². The molecule has 7 heavy (non-hydrogen) atoms. The molecule has 0 bridgehead atoms. The summed E-state index contributed by atoms with van der Waals surface area (Å²) in [5, 5.41) is 0. The maximum absolute atomic E-state index is 10.2. The predicted octanol–water partition coefficient (Wildman–Crippen LogP) is -0.172. The molecule has 40 valence electrons. The SMILES string of the molecule is O=C1CCCNO1. The molecule has 1 N–H and O–H groups in total. The third kappa shape index (κ3) is 1.16. The smallest absolute Gasteiger partial charge is 0.324 e. The van der Waals surface area contributed by atoms with Crippen molar-refractivity contribution in [3.05, 3.63) is 0 Å². The van der Waals surface area contributed by atoms with Crippen molar-refractivity contribution in [3.8, 4) is 0 Å². The predicted molar refractivity (Wildman–Crippen MR) is 23.3 cm³/mol. The Morgan fingerprint density at radius 2 is 2.57 bits per heavy atom. The molecule has 0 aliphatic carbocycles. The van der Waals surface area contributed by atoms with Crippen LogP contribution in [0.3, 0.4) is 0 Å². The van der Waals surface area contributed by atoms with Crippen molar-refractivity contribution in [2.75, 3.05) is 6.54 Å². The second-order valence-electron chi connectivity index (χ2n) is 1.47. The van der Waals surface area contributed by atoms with E-state index in [1.165, 1.54) is 0 Å². The second-order valence-corrected chi connectivity index (χ2v) is 1.47. The lowest BCUT2D eigenvalue weighted by Gasteiger charge is -2.09. The molecule has 1 rings (SSSR count). The van der Waals surface area contributed by atoms with E-state index >= 15 is 0 Å². The zero-order valence-corrected chi connectivity index (χ0v) is 3.94. The van der Waals surface area contributed by atoms with Crippen molar-refractivity contribution < 1.29 is 9.63 Å². The Labute approximate surface area is 41.6 Å². The van der Waals surface area contributed by atoms with Crippen LogP contribution in [0.5, 0.6) is 0 Å². The second kappa shape index (κ2) is 1.93. The van der Waals surface area contributed by atoms with Crippen molar-refractivity contribution in [2.24, 2.45) is 0 Å². The molecule has 0 aromatic rings. The molecule has 0 atom stereocenters. The number of carbonyl (C=O) groups is 1. The van der Waals surface area contributed by atoms with Crippen LogP contribution in [0.4, 0.5) is 0 Å². The average molecular weight is 101 g/mol. The summed E-state index contributed by atoms with van der Waals surface area (Å²) < 4.78 is 0. The molecule has 3 nitrogen and oxygen atoms in total. The van der Waals surface area contributed by atoms with E-state index in [1.54, 1.807) is 0 Å². The van der Waals surface area contributed by atoms with E-state index in [4.69, 9.17) is 0 Å². The topological polar surface area (TPSA) is 38.3 Å². The third-order valence-electron chi connectivity index (χ3n) is 0.846. The van der Waals surface area contributed by atoms with Gasteiger partial charge in [0.05, 0.1) is 0 Å². The van der Waals surface area contributed by atoms with Crippen LogP contribution in [-0.4, -0.2) is 12.5 Å². The number of hydroxylamine groups is 1. The van der Waals surface area contributed by atoms with Gasteiger partial charge in [0.1, 0.15) is 0 Å². The molecule has 0 radical (unpaired) electrons. The Morgan fingerprint density at radius 1 is 1.71 bits per heavy atom. The number of hydrogen-bond donors (Lipinski definition) is 1. The Balaban J connectivity index is 2.25.